The van der Waals surface area contributed by atoms with Crippen molar-refractivity contribution in [1.29, 1.82) is 0 Å². The number of phenolic OH excluding ortho intramolecular Hbond substituents is 2. The molecule has 0 fully saturated rings. The van der Waals surface area contributed by atoms with E-state index in [2.05, 4.69) is 96.7 Å². The van der Waals surface area contributed by atoms with E-state index < -0.39 is 0 Å². The SMILES string of the molecule is CCCCCCCCCCCCCCCCCCCCCCCCCCC#CC(=Nc1ccc(CC)c(CC)c1)C(CCCC)=Nc1ccc(CC)c(CC)c1.CCCCCc1cc(O)c2c(O)cccc2c1CC(=O)CC. The van der Waals surface area contributed by atoms with Gasteiger partial charge in [-0.05, 0) is 139 Å². The molecular formula is C73H112N2O3. The average molecular weight is 1070 g/mol. The van der Waals surface area contributed by atoms with Gasteiger partial charge in [0.15, 0.2) is 0 Å². The van der Waals surface area contributed by atoms with Gasteiger partial charge in [0.25, 0.3) is 0 Å². The summed E-state index contributed by atoms with van der Waals surface area (Å²) >= 11 is 0. The molecular weight excluding hydrogens is 953 g/mol. The van der Waals surface area contributed by atoms with Crippen molar-refractivity contribution in [1.82, 2.24) is 0 Å². The minimum Gasteiger partial charge on any atom is -0.507 e. The summed E-state index contributed by atoms with van der Waals surface area (Å²) in [5, 5.41) is 21.5. The molecule has 0 spiro atoms. The van der Waals surface area contributed by atoms with Gasteiger partial charge >= 0.3 is 0 Å². The zero-order valence-corrected chi connectivity index (χ0v) is 51.3. The molecule has 0 atom stereocenters. The fourth-order valence-corrected chi connectivity index (χ4v) is 10.9. The van der Waals surface area contributed by atoms with E-state index in [0.717, 1.165) is 116 Å². The molecule has 4 aromatic rings. The van der Waals surface area contributed by atoms with Crippen LogP contribution in [-0.4, -0.2) is 27.4 Å². The van der Waals surface area contributed by atoms with E-state index in [4.69, 9.17) is 9.98 Å². The number of fused-ring (bicyclic) bond motifs is 1. The zero-order valence-electron chi connectivity index (χ0n) is 51.3. The van der Waals surface area contributed by atoms with Crippen molar-refractivity contribution in [2.24, 2.45) is 9.98 Å². The fraction of sp³-hybridized carbons (Fsp3) is 0.630. The van der Waals surface area contributed by atoms with Crippen LogP contribution < -0.4 is 0 Å². The first-order chi connectivity index (χ1) is 38.2. The number of aryl methyl sites for hydroxylation is 5. The Morgan fingerprint density at radius 1 is 0.449 bits per heavy atom. The van der Waals surface area contributed by atoms with E-state index in [0.29, 0.717) is 18.2 Å². The van der Waals surface area contributed by atoms with Gasteiger partial charge in [0, 0.05) is 19.3 Å². The summed E-state index contributed by atoms with van der Waals surface area (Å²) in [6, 6.07) is 20.3. The molecule has 2 N–H and O–H groups in total. The number of hydrogen-bond donors (Lipinski definition) is 2. The number of aromatic hydroxyl groups is 2. The number of aliphatic imine (C=N–C) groups is 2. The predicted molar refractivity (Wildman–Crippen MR) is 342 cm³/mol. The number of carbonyl (C=O) groups is 1. The molecule has 0 heterocycles. The number of benzene rings is 4. The number of hydrogen-bond acceptors (Lipinski definition) is 5. The van der Waals surface area contributed by atoms with Crippen molar-refractivity contribution in [3.63, 3.8) is 0 Å². The van der Waals surface area contributed by atoms with E-state index in [1.54, 1.807) is 18.2 Å². The number of phenols is 2. The highest BCUT2D eigenvalue weighted by molar-refractivity contribution is 6.49. The molecule has 0 aromatic heterocycles. The molecule has 0 saturated carbocycles. The van der Waals surface area contributed by atoms with Gasteiger partial charge in [-0.15, -0.1) is 0 Å². The highest BCUT2D eigenvalue weighted by atomic mass is 16.3. The van der Waals surface area contributed by atoms with Crippen molar-refractivity contribution in [3.8, 4) is 23.3 Å². The summed E-state index contributed by atoms with van der Waals surface area (Å²) in [7, 11) is 0. The van der Waals surface area contributed by atoms with Gasteiger partial charge in [-0.2, -0.15) is 0 Å². The first-order valence-corrected chi connectivity index (χ1v) is 32.5. The quantitative estimate of drug-likeness (QED) is 0.0264. The van der Waals surface area contributed by atoms with Crippen molar-refractivity contribution in [3.05, 3.63) is 94.0 Å². The Labute approximate surface area is 478 Å². The minimum atomic E-state index is 0.0558. The van der Waals surface area contributed by atoms with E-state index in [-0.39, 0.29) is 17.3 Å². The third-order valence-corrected chi connectivity index (χ3v) is 16.0. The Morgan fingerprint density at radius 2 is 0.897 bits per heavy atom. The van der Waals surface area contributed by atoms with Crippen LogP contribution in [0.2, 0.25) is 0 Å². The summed E-state index contributed by atoms with van der Waals surface area (Å²) < 4.78 is 0. The van der Waals surface area contributed by atoms with E-state index in [9.17, 15) is 15.0 Å². The minimum absolute atomic E-state index is 0.0558. The van der Waals surface area contributed by atoms with E-state index in [1.807, 2.05) is 13.0 Å². The summed E-state index contributed by atoms with van der Waals surface area (Å²) in [6.07, 6.45) is 47.3. The van der Waals surface area contributed by atoms with Crippen LogP contribution in [0.4, 0.5) is 11.4 Å². The first kappa shape index (κ1) is 67.6. The molecule has 0 unspecified atom stereocenters. The van der Waals surface area contributed by atoms with E-state index in [1.165, 1.54) is 176 Å². The van der Waals surface area contributed by atoms with Crippen LogP contribution in [0.15, 0.2) is 70.6 Å². The third-order valence-electron chi connectivity index (χ3n) is 16.0. The van der Waals surface area contributed by atoms with Gasteiger partial charge in [0.05, 0.1) is 22.5 Å². The smallest absolute Gasteiger partial charge is 0.137 e. The molecule has 0 saturated heterocycles. The Morgan fingerprint density at radius 3 is 1.36 bits per heavy atom. The number of nitrogens with zero attached hydrogens (tertiary/aromatic N) is 2. The van der Waals surface area contributed by atoms with E-state index >= 15 is 0 Å². The fourth-order valence-electron chi connectivity index (χ4n) is 10.9. The molecule has 0 aliphatic heterocycles. The van der Waals surface area contributed by atoms with Crippen LogP contribution in [0.3, 0.4) is 0 Å². The van der Waals surface area contributed by atoms with Gasteiger partial charge in [-0.3, -0.25) is 9.79 Å². The van der Waals surface area contributed by atoms with Crippen LogP contribution in [0.5, 0.6) is 11.5 Å². The molecule has 4 rings (SSSR count). The highest BCUT2D eigenvalue weighted by Gasteiger charge is 2.17. The molecule has 5 nitrogen and oxygen atoms in total. The number of Topliss-reactive ketones (excluding diaryl/α,β-unsaturated/α-hetero) is 1. The standard InChI is InChI=1S/C54H88N2.C19H24O3/c1-7-13-15-16-17-18-19-20-21-22-23-24-25-26-27-28-29-30-31-32-33-34-35-36-37-38-40-54(56-52-44-42-48(10-4)50(12-6)46-52)53(39-14-8-2)55-51-43-41-47(9-3)49(11-5)45-51;1-3-5-6-8-13-11-18(22)19-15(9-7-10-17(19)21)16(13)12-14(20)4-2/h41-46H,7-37,39H2,1-6H3;7,9-11,21-22H,3-6,8,12H2,1-2H3. The summed E-state index contributed by atoms with van der Waals surface area (Å²) in [4.78, 5) is 22.4. The maximum absolute atomic E-state index is 12.0. The van der Waals surface area contributed by atoms with Gasteiger partial charge in [-0.1, -0.05) is 253 Å². The summed E-state index contributed by atoms with van der Waals surface area (Å²) in [5.41, 5.74) is 11.5. The van der Waals surface area contributed by atoms with Gasteiger partial charge < -0.3 is 10.2 Å². The second-order valence-electron chi connectivity index (χ2n) is 22.4. The lowest BCUT2D eigenvalue weighted by Crippen LogP contribution is -2.12. The molecule has 0 aliphatic carbocycles. The largest absolute Gasteiger partial charge is 0.507 e. The van der Waals surface area contributed by atoms with Crippen molar-refractivity contribution in [2.75, 3.05) is 0 Å². The Bertz CT molecular complexity index is 2380. The Balaban J connectivity index is 0.000000600. The van der Waals surface area contributed by atoms with Gasteiger partial charge in [0.1, 0.15) is 23.0 Å². The van der Waals surface area contributed by atoms with Crippen LogP contribution in [0.25, 0.3) is 10.8 Å². The third kappa shape index (κ3) is 27.0. The molecule has 4 aromatic carbocycles. The van der Waals surface area contributed by atoms with Crippen LogP contribution in [-0.2, 0) is 43.3 Å². The Hall–Kier alpha value is -4.69. The maximum Gasteiger partial charge on any atom is 0.137 e. The zero-order chi connectivity index (χ0) is 56.4. The maximum atomic E-state index is 12.0. The molecule has 432 valence electrons. The van der Waals surface area contributed by atoms with Gasteiger partial charge in [-0.25, -0.2) is 4.99 Å². The molecule has 0 bridgehead atoms. The number of ketones is 1. The molecule has 78 heavy (non-hydrogen) atoms. The molecule has 0 aliphatic rings. The number of rotatable bonds is 41. The topological polar surface area (TPSA) is 82.2 Å². The van der Waals surface area contributed by atoms with Crippen molar-refractivity contribution >= 4 is 39.4 Å². The summed E-state index contributed by atoms with van der Waals surface area (Å²) in [5.74, 6) is 7.41. The lowest BCUT2D eigenvalue weighted by molar-refractivity contribution is -0.118. The second-order valence-corrected chi connectivity index (χ2v) is 22.4. The van der Waals surface area contributed by atoms with Crippen LogP contribution in [0.1, 0.15) is 294 Å². The molecule has 0 amide bonds. The second kappa shape index (κ2) is 43.2. The Kier molecular flexibility index (Phi) is 37.4. The first-order valence-electron chi connectivity index (χ1n) is 32.5. The summed E-state index contributed by atoms with van der Waals surface area (Å²) in [6.45, 7) is 17.5. The lowest BCUT2D eigenvalue weighted by Gasteiger charge is -2.15. The monoisotopic (exact) mass is 1060 g/mol. The van der Waals surface area contributed by atoms with Gasteiger partial charge in [0.2, 0.25) is 0 Å². The lowest BCUT2D eigenvalue weighted by atomic mass is 9.91. The number of unbranched alkanes of at least 4 members (excludes halogenated alkanes) is 27. The highest BCUT2D eigenvalue weighted by Crippen LogP contribution is 2.38. The average Bonchev–Trinajstić information content (AvgIpc) is 3.58. The van der Waals surface area contributed by atoms with Crippen molar-refractivity contribution < 1.29 is 15.0 Å². The van der Waals surface area contributed by atoms with Crippen LogP contribution >= 0.6 is 0 Å². The van der Waals surface area contributed by atoms with Crippen LogP contribution in [0, 0.1) is 11.8 Å². The van der Waals surface area contributed by atoms with Crippen molar-refractivity contribution in [2.45, 2.75) is 299 Å². The number of carbonyl (C=O) groups excluding carboxylic acids is 1. The predicted octanol–water partition coefficient (Wildman–Crippen LogP) is 22.3. The normalized spacial score (nSPS) is 11.7. The molecule has 5 heteroatoms. The molecule has 0 radical (unpaired) electrons.